The Balaban J connectivity index is 2.17. The van der Waals surface area contributed by atoms with Crippen molar-refractivity contribution in [2.75, 3.05) is 11.9 Å². The SMILES string of the molecule is CC1=C(C)[C@@H](Nc2ccc([N+](=O)[O-])cc2)N(CCC(C)C)C1=O. The summed E-state index contributed by atoms with van der Waals surface area (Å²) < 4.78 is 0. The lowest BCUT2D eigenvalue weighted by atomic mass is 10.1. The topological polar surface area (TPSA) is 75.5 Å². The molecule has 1 aliphatic heterocycles. The molecule has 1 amide bonds. The zero-order valence-corrected chi connectivity index (χ0v) is 14.0. The number of carbonyl (C=O) groups is 1. The van der Waals surface area contributed by atoms with Crippen molar-refractivity contribution < 1.29 is 9.72 Å². The molecule has 0 saturated carbocycles. The van der Waals surface area contributed by atoms with E-state index in [4.69, 9.17) is 0 Å². The fraction of sp³-hybridized carbons (Fsp3) is 0.471. The Morgan fingerprint density at radius 1 is 1.26 bits per heavy atom. The van der Waals surface area contributed by atoms with Gasteiger partial charge in [0.05, 0.1) is 4.92 Å². The summed E-state index contributed by atoms with van der Waals surface area (Å²) in [6.07, 6.45) is 0.743. The molecule has 23 heavy (non-hydrogen) atoms. The second-order valence-electron chi connectivity index (χ2n) is 6.34. The van der Waals surface area contributed by atoms with E-state index in [-0.39, 0.29) is 17.8 Å². The van der Waals surface area contributed by atoms with Gasteiger partial charge in [0.2, 0.25) is 0 Å². The van der Waals surface area contributed by atoms with Crippen molar-refractivity contribution in [3.05, 3.63) is 45.5 Å². The molecular weight excluding hydrogens is 294 g/mol. The summed E-state index contributed by atoms with van der Waals surface area (Å²) in [5, 5.41) is 14.0. The van der Waals surface area contributed by atoms with Gasteiger partial charge in [-0.1, -0.05) is 13.8 Å². The Morgan fingerprint density at radius 3 is 2.39 bits per heavy atom. The highest BCUT2D eigenvalue weighted by Gasteiger charge is 2.34. The van der Waals surface area contributed by atoms with Crippen molar-refractivity contribution in [2.45, 2.75) is 40.3 Å². The number of hydrogen-bond acceptors (Lipinski definition) is 4. The molecule has 0 radical (unpaired) electrons. The van der Waals surface area contributed by atoms with E-state index < -0.39 is 4.92 Å². The second-order valence-corrected chi connectivity index (χ2v) is 6.34. The number of benzene rings is 1. The highest BCUT2D eigenvalue weighted by Crippen LogP contribution is 2.28. The van der Waals surface area contributed by atoms with Crippen LogP contribution in [0.15, 0.2) is 35.4 Å². The van der Waals surface area contributed by atoms with Crippen molar-refractivity contribution in [2.24, 2.45) is 5.92 Å². The van der Waals surface area contributed by atoms with Crippen LogP contribution in [0.25, 0.3) is 0 Å². The van der Waals surface area contributed by atoms with Crippen LogP contribution in [0.2, 0.25) is 0 Å². The van der Waals surface area contributed by atoms with Crippen LogP contribution in [0, 0.1) is 16.0 Å². The van der Waals surface area contributed by atoms with Crippen molar-refractivity contribution >= 4 is 17.3 Å². The van der Waals surface area contributed by atoms with E-state index in [1.807, 2.05) is 18.7 Å². The number of non-ortho nitro benzene ring substituents is 1. The van der Waals surface area contributed by atoms with Crippen LogP contribution < -0.4 is 5.32 Å². The first-order valence-electron chi connectivity index (χ1n) is 7.80. The van der Waals surface area contributed by atoms with Gasteiger partial charge >= 0.3 is 0 Å². The minimum absolute atomic E-state index is 0.0538. The summed E-state index contributed by atoms with van der Waals surface area (Å²) in [6.45, 7) is 8.75. The lowest BCUT2D eigenvalue weighted by Crippen LogP contribution is -2.41. The first-order valence-corrected chi connectivity index (χ1v) is 7.80. The smallest absolute Gasteiger partial charge is 0.269 e. The zero-order valence-electron chi connectivity index (χ0n) is 14.0. The van der Waals surface area contributed by atoms with E-state index in [9.17, 15) is 14.9 Å². The molecule has 1 N–H and O–H groups in total. The van der Waals surface area contributed by atoms with E-state index in [1.165, 1.54) is 12.1 Å². The van der Waals surface area contributed by atoms with Gasteiger partial charge in [0.15, 0.2) is 0 Å². The number of nitro groups is 1. The van der Waals surface area contributed by atoms with Crippen molar-refractivity contribution in [3.63, 3.8) is 0 Å². The monoisotopic (exact) mass is 317 g/mol. The number of nitrogens with one attached hydrogen (secondary N) is 1. The third-order valence-corrected chi connectivity index (χ3v) is 4.22. The van der Waals surface area contributed by atoms with E-state index in [0.29, 0.717) is 12.5 Å². The van der Waals surface area contributed by atoms with Crippen LogP contribution in [-0.4, -0.2) is 28.4 Å². The van der Waals surface area contributed by atoms with E-state index in [0.717, 1.165) is 23.3 Å². The molecule has 1 aromatic carbocycles. The van der Waals surface area contributed by atoms with Crippen LogP contribution in [0.1, 0.15) is 34.1 Å². The predicted octanol–water partition coefficient (Wildman–Crippen LogP) is 3.56. The molecule has 1 heterocycles. The van der Waals surface area contributed by atoms with Gasteiger partial charge in [0.1, 0.15) is 6.17 Å². The number of amides is 1. The van der Waals surface area contributed by atoms with Crippen molar-refractivity contribution in [1.29, 1.82) is 0 Å². The van der Waals surface area contributed by atoms with Crippen LogP contribution in [0.4, 0.5) is 11.4 Å². The Bertz CT molecular complexity index is 635. The molecule has 2 rings (SSSR count). The number of nitrogens with zero attached hydrogens (tertiary/aromatic N) is 2. The Kier molecular flexibility index (Phi) is 5.03. The number of carbonyl (C=O) groups excluding carboxylic acids is 1. The molecular formula is C17H23N3O3. The highest BCUT2D eigenvalue weighted by atomic mass is 16.6. The summed E-state index contributed by atoms with van der Waals surface area (Å²) in [5.74, 6) is 0.576. The lowest BCUT2D eigenvalue weighted by molar-refractivity contribution is -0.384. The fourth-order valence-corrected chi connectivity index (χ4v) is 2.59. The molecule has 124 valence electrons. The van der Waals surface area contributed by atoms with E-state index in [1.54, 1.807) is 12.1 Å². The van der Waals surface area contributed by atoms with Crippen molar-refractivity contribution in [3.8, 4) is 0 Å². The van der Waals surface area contributed by atoms with Gasteiger partial charge in [-0.05, 0) is 43.9 Å². The first-order chi connectivity index (χ1) is 10.8. The standard InChI is InChI=1S/C17H23N3O3/c1-11(2)9-10-19-16(12(3)13(4)17(19)21)18-14-5-7-15(8-6-14)20(22)23/h5-8,11,16,18H,9-10H2,1-4H3/t16-/m0/s1. The molecule has 1 atom stereocenters. The van der Waals surface area contributed by atoms with Crippen LogP contribution in [0.3, 0.4) is 0 Å². The van der Waals surface area contributed by atoms with Gasteiger partial charge in [0, 0.05) is 29.9 Å². The molecule has 0 fully saturated rings. The van der Waals surface area contributed by atoms with Gasteiger partial charge in [-0.15, -0.1) is 0 Å². The van der Waals surface area contributed by atoms with Gasteiger partial charge in [-0.3, -0.25) is 14.9 Å². The van der Waals surface area contributed by atoms with Crippen LogP contribution >= 0.6 is 0 Å². The summed E-state index contributed by atoms with van der Waals surface area (Å²) in [7, 11) is 0. The quantitative estimate of drug-likeness (QED) is 0.643. The van der Waals surface area contributed by atoms with Gasteiger partial charge in [-0.2, -0.15) is 0 Å². The number of nitro benzene ring substituents is 1. The molecule has 1 aromatic rings. The molecule has 0 spiro atoms. The lowest BCUT2D eigenvalue weighted by Gasteiger charge is -2.28. The molecule has 1 aliphatic rings. The third kappa shape index (κ3) is 3.70. The molecule has 0 saturated heterocycles. The van der Waals surface area contributed by atoms with Gasteiger partial charge in [-0.25, -0.2) is 0 Å². The molecule has 6 heteroatoms. The maximum atomic E-state index is 12.4. The fourth-order valence-electron chi connectivity index (χ4n) is 2.59. The maximum absolute atomic E-state index is 12.4. The third-order valence-electron chi connectivity index (χ3n) is 4.22. The molecule has 0 aromatic heterocycles. The Morgan fingerprint density at radius 2 is 1.87 bits per heavy atom. The Hall–Kier alpha value is -2.37. The average molecular weight is 317 g/mol. The molecule has 0 aliphatic carbocycles. The van der Waals surface area contributed by atoms with Gasteiger partial charge < -0.3 is 10.2 Å². The molecule has 0 bridgehead atoms. The summed E-state index contributed by atoms with van der Waals surface area (Å²) in [4.78, 5) is 24.5. The normalized spacial score (nSPS) is 18.0. The minimum atomic E-state index is -0.423. The summed E-state index contributed by atoms with van der Waals surface area (Å²) in [6, 6.07) is 6.27. The van der Waals surface area contributed by atoms with Crippen LogP contribution in [-0.2, 0) is 4.79 Å². The van der Waals surface area contributed by atoms with E-state index in [2.05, 4.69) is 19.2 Å². The molecule has 6 nitrogen and oxygen atoms in total. The van der Waals surface area contributed by atoms with Crippen LogP contribution in [0.5, 0.6) is 0 Å². The van der Waals surface area contributed by atoms with Crippen molar-refractivity contribution in [1.82, 2.24) is 4.90 Å². The number of rotatable bonds is 6. The number of anilines is 1. The van der Waals surface area contributed by atoms with Gasteiger partial charge in [0.25, 0.3) is 11.6 Å². The first kappa shape index (κ1) is 17.0. The highest BCUT2D eigenvalue weighted by molar-refractivity contribution is 5.97. The zero-order chi connectivity index (χ0) is 17.1. The minimum Gasteiger partial charge on any atom is -0.362 e. The average Bonchev–Trinajstić information content (AvgIpc) is 2.70. The number of hydrogen-bond donors (Lipinski definition) is 1. The maximum Gasteiger partial charge on any atom is 0.269 e. The summed E-state index contributed by atoms with van der Waals surface area (Å²) >= 11 is 0. The second kappa shape index (κ2) is 6.81. The predicted molar refractivity (Wildman–Crippen MR) is 90.0 cm³/mol. The summed E-state index contributed by atoms with van der Waals surface area (Å²) in [5.41, 5.74) is 2.58. The molecule has 0 unspecified atom stereocenters. The Labute approximate surface area is 136 Å². The van der Waals surface area contributed by atoms with E-state index >= 15 is 0 Å². The largest absolute Gasteiger partial charge is 0.362 e.